The van der Waals surface area contributed by atoms with E-state index in [0.29, 0.717) is 50.6 Å². The number of hydrogen-bond acceptors (Lipinski definition) is 3. The van der Waals surface area contributed by atoms with Gasteiger partial charge < -0.3 is 15.2 Å². The number of carbonyl (C=O) groups excluding carboxylic acids is 2. The number of nitrogens with one attached hydrogen (secondary N) is 2. The van der Waals surface area contributed by atoms with E-state index in [2.05, 4.69) is 16.4 Å². The Morgan fingerprint density at radius 1 is 1.23 bits per heavy atom. The van der Waals surface area contributed by atoms with Crippen molar-refractivity contribution in [1.29, 1.82) is 5.26 Å². The fourth-order valence-corrected chi connectivity index (χ4v) is 5.11. The van der Waals surface area contributed by atoms with Gasteiger partial charge in [-0.05, 0) is 37.8 Å². The molecule has 30 heavy (non-hydrogen) atoms. The minimum Gasteiger partial charge on any atom is -0.358 e. The quantitative estimate of drug-likeness (QED) is 0.818. The second-order valence-corrected chi connectivity index (χ2v) is 8.93. The number of aromatic amines is 1. The van der Waals surface area contributed by atoms with Gasteiger partial charge in [0.05, 0.1) is 6.07 Å². The second kappa shape index (κ2) is 7.12. The van der Waals surface area contributed by atoms with Crippen LogP contribution in [0.1, 0.15) is 49.8 Å². The molecule has 2 fully saturated rings. The third-order valence-corrected chi connectivity index (χ3v) is 7.00. The minimum absolute atomic E-state index is 0.0204. The number of rotatable bonds is 3. The lowest BCUT2D eigenvalue weighted by atomic mass is 9.77. The summed E-state index contributed by atoms with van der Waals surface area (Å²) in [5.41, 5.74) is 1.88. The monoisotopic (exact) mass is 408 g/mol. The number of benzene rings is 1. The molecule has 6 nitrogen and oxygen atoms in total. The number of amides is 2. The minimum atomic E-state index is -0.719. The first-order chi connectivity index (χ1) is 14.5. The highest BCUT2D eigenvalue weighted by Crippen LogP contribution is 2.38. The van der Waals surface area contributed by atoms with E-state index in [4.69, 9.17) is 0 Å². The Morgan fingerprint density at radius 2 is 2.00 bits per heavy atom. The van der Waals surface area contributed by atoms with Crippen molar-refractivity contribution in [3.05, 3.63) is 35.3 Å². The van der Waals surface area contributed by atoms with Crippen molar-refractivity contribution in [2.45, 2.75) is 57.0 Å². The van der Waals surface area contributed by atoms with Crippen LogP contribution in [-0.4, -0.2) is 33.8 Å². The van der Waals surface area contributed by atoms with E-state index < -0.39 is 11.5 Å². The number of nitriles is 1. The van der Waals surface area contributed by atoms with Crippen molar-refractivity contribution in [3.63, 3.8) is 0 Å². The summed E-state index contributed by atoms with van der Waals surface area (Å²) < 4.78 is 14.5. The third kappa shape index (κ3) is 3.15. The zero-order valence-corrected chi connectivity index (χ0v) is 16.8. The SMILES string of the molecule is N#CC1(NC(=O)C2CCCCC2C(=O)N2CCc3[nH]c4cccc(F)c4c3C2)CC1. The van der Waals surface area contributed by atoms with E-state index in [0.717, 1.165) is 29.6 Å². The molecule has 2 saturated carbocycles. The zero-order chi connectivity index (χ0) is 20.9. The molecule has 156 valence electrons. The molecular formula is C23H25FN4O2. The van der Waals surface area contributed by atoms with Crippen molar-refractivity contribution in [3.8, 4) is 6.07 Å². The molecule has 3 aliphatic rings. The fourth-order valence-electron chi connectivity index (χ4n) is 5.11. The highest BCUT2D eigenvalue weighted by Gasteiger charge is 2.47. The summed E-state index contributed by atoms with van der Waals surface area (Å²) in [6.07, 6.45) is 5.20. The largest absolute Gasteiger partial charge is 0.358 e. The van der Waals surface area contributed by atoms with Gasteiger partial charge in [-0.1, -0.05) is 18.9 Å². The molecular weight excluding hydrogens is 383 g/mol. The van der Waals surface area contributed by atoms with E-state index in [1.165, 1.54) is 6.07 Å². The third-order valence-electron chi connectivity index (χ3n) is 7.00. The highest BCUT2D eigenvalue weighted by atomic mass is 19.1. The Bertz CT molecular complexity index is 1070. The van der Waals surface area contributed by atoms with Crippen molar-refractivity contribution < 1.29 is 14.0 Å². The first-order valence-corrected chi connectivity index (χ1v) is 10.8. The Morgan fingerprint density at radius 3 is 2.73 bits per heavy atom. The molecule has 2 heterocycles. The summed E-state index contributed by atoms with van der Waals surface area (Å²) in [5, 5.41) is 12.7. The lowest BCUT2D eigenvalue weighted by Gasteiger charge is -2.36. The van der Waals surface area contributed by atoms with Crippen LogP contribution in [0.2, 0.25) is 0 Å². The Kier molecular flexibility index (Phi) is 4.53. The molecule has 5 rings (SSSR count). The van der Waals surface area contributed by atoms with Gasteiger partial charge in [0, 0.05) is 53.5 Å². The first-order valence-electron chi connectivity index (χ1n) is 10.8. The van der Waals surface area contributed by atoms with Gasteiger partial charge in [-0.3, -0.25) is 9.59 Å². The Balaban J connectivity index is 1.37. The van der Waals surface area contributed by atoms with Crippen LogP contribution in [0, 0.1) is 29.0 Å². The lowest BCUT2D eigenvalue weighted by Crippen LogP contribution is -2.48. The van der Waals surface area contributed by atoms with Gasteiger partial charge in [-0.25, -0.2) is 4.39 Å². The maximum atomic E-state index is 14.5. The van der Waals surface area contributed by atoms with Crippen LogP contribution >= 0.6 is 0 Å². The summed E-state index contributed by atoms with van der Waals surface area (Å²) in [6.45, 7) is 0.926. The molecule has 2 atom stereocenters. The van der Waals surface area contributed by atoms with Crippen LogP contribution in [0.15, 0.2) is 18.2 Å². The van der Waals surface area contributed by atoms with Crippen LogP contribution in [0.4, 0.5) is 4.39 Å². The van der Waals surface area contributed by atoms with Crippen LogP contribution in [0.3, 0.4) is 0 Å². The van der Waals surface area contributed by atoms with Crippen molar-refractivity contribution in [1.82, 2.24) is 15.2 Å². The molecule has 1 aliphatic heterocycles. The van der Waals surface area contributed by atoms with E-state index in [1.54, 1.807) is 11.0 Å². The number of halogens is 1. The highest BCUT2D eigenvalue weighted by molar-refractivity contribution is 5.90. The molecule has 0 bridgehead atoms. The number of fused-ring (bicyclic) bond motifs is 3. The number of nitrogens with zero attached hydrogens (tertiary/aromatic N) is 2. The molecule has 0 saturated heterocycles. The summed E-state index contributed by atoms with van der Waals surface area (Å²) in [5.74, 6) is -1.22. The zero-order valence-electron chi connectivity index (χ0n) is 16.8. The normalized spacial score (nSPS) is 24.7. The maximum Gasteiger partial charge on any atom is 0.226 e. The summed E-state index contributed by atoms with van der Waals surface area (Å²) >= 11 is 0. The molecule has 0 spiro atoms. The predicted molar refractivity (Wildman–Crippen MR) is 109 cm³/mol. The molecule has 1 aromatic heterocycles. The van der Waals surface area contributed by atoms with Crippen LogP contribution in [-0.2, 0) is 22.6 Å². The van der Waals surface area contributed by atoms with E-state index >= 15 is 0 Å². The van der Waals surface area contributed by atoms with Gasteiger partial charge in [0.1, 0.15) is 11.4 Å². The van der Waals surface area contributed by atoms with Crippen molar-refractivity contribution in [2.24, 2.45) is 11.8 Å². The molecule has 2 aromatic rings. The second-order valence-electron chi connectivity index (χ2n) is 8.93. The van der Waals surface area contributed by atoms with Crippen LogP contribution in [0.5, 0.6) is 0 Å². The molecule has 1 aromatic carbocycles. The topological polar surface area (TPSA) is 89.0 Å². The van der Waals surface area contributed by atoms with E-state index in [1.807, 2.05) is 6.07 Å². The van der Waals surface area contributed by atoms with Gasteiger partial charge in [0.2, 0.25) is 11.8 Å². The molecule has 2 N–H and O–H groups in total. The Hall–Kier alpha value is -2.88. The van der Waals surface area contributed by atoms with E-state index in [9.17, 15) is 19.2 Å². The molecule has 7 heteroatoms. The number of carbonyl (C=O) groups is 2. The van der Waals surface area contributed by atoms with Crippen molar-refractivity contribution >= 4 is 22.7 Å². The van der Waals surface area contributed by atoms with Gasteiger partial charge >= 0.3 is 0 Å². The summed E-state index contributed by atoms with van der Waals surface area (Å²) in [7, 11) is 0. The maximum absolute atomic E-state index is 14.5. The summed E-state index contributed by atoms with van der Waals surface area (Å²) in [6, 6.07) is 7.18. The predicted octanol–water partition coefficient (Wildman–Crippen LogP) is 3.17. The number of hydrogen-bond donors (Lipinski definition) is 2. The Labute approximate surface area is 174 Å². The number of aromatic nitrogens is 1. The first kappa shape index (κ1) is 19.1. The van der Waals surface area contributed by atoms with Crippen LogP contribution in [0.25, 0.3) is 10.9 Å². The average molecular weight is 408 g/mol. The smallest absolute Gasteiger partial charge is 0.226 e. The van der Waals surface area contributed by atoms with E-state index in [-0.39, 0.29) is 23.5 Å². The lowest BCUT2D eigenvalue weighted by molar-refractivity contribution is -0.144. The summed E-state index contributed by atoms with van der Waals surface area (Å²) in [4.78, 5) is 31.4. The van der Waals surface area contributed by atoms with Crippen LogP contribution < -0.4 is 5.32 Å². The molecule has 2 aliphatic carbocycles. The molecule has 2 unspecified atom stereocenters. The van der Waals surface area contributed by atoms with Gasteiger partial charge in [0.25, 0.3) is 0 Å². The van der Waals surface area contributed by atoms with Gasteiger partial charge in [-0.15, -0.1) is 0 Å². The average Bonchev–Trinajstić information content (AvgIpc) is 3.43. The van der Waals surface area contributed by atoms with Gasteiger partial charge in [-0.2, -0.15) is 5.26 Å². The van der Waals surface area contributed by atoms with Gasteiger partial charge in [0.15, 0.2) is 0 Å². The number of H-pyrrole nitrogens is 1. The molecule has 0 radical (unpaired) electrons. The standard InChI is InChI=1S/C23H25FN4O2/c24-17-6-3-7-19-20(17)16-12-28(11-8-18(16)26-19)22(30)15-5-2-1-4-14(15)21(29)27-23(13-25)9-10-23/h3,6-7,14-15,26H,1-2,4-5,8-12H2,(H,27,29). The fraction of sp³-hybridized carbons (Fsp3) is 0.522. The van der Waals surface area contributed by atoms with Crippen molar-refractivity contribution in [2.75, 3.05) is 6.54 Å². The molecule has 2 amide bonds.